The molecule has 0 spiro atoms. The van der Waals surface area contributed by atoms with Gasteiger partial charge in [-0.3, -0.25) is 4.79 Å². The number of nitrogens with zero attached hydrogens (tertiary/aromatic N) is 1. The minimum Gasteiger partial charge on any atom is -0.349 e. The molecule has 0 saturated carbocycles. The van der Waals surface area contributed by atoms with Crippen molar-refractivity contribution in [1.29, 1.82) is 0 Å². The smallest absolute Gasteiger partial charge is 0.253 e. The van der Waals surface area contributed by atoms with Crippen LogP contribution in [-0.4, -0.2) is 29.6 Å². The molecule has 2 aromatic rings. The van der Waals surface area contributed by atoms with Crippen molar-refractivity contribution in [1.82, 2.24) is 15.2 Å². The van der Waals surface area contributed by atoms with Gasteiger partial charge < -0.3 is 15.2 Å². The van der Waals surface area contributed by atoms with Crippen LogP contribution < -0.4 is 10.6 Å². The third kappa shape index (κ3) is 3.42. The number of hydrogen-bond acceptors (Lipinski definition) is 2. The molecule has 128 valence electrons. The highest BCUT2D eigenvalue weighted by Crippen LogP contribution is 2.23. The van der Waals surface area contributed by atoms with Gasteiger partial charge in [-0.2, -0.15) is 0 Å². The predicted octanol–water partition coefficient (Wildman–Crippen LogP) is 3.58. The quantitative estimate of drug-likeness (QED) is 0.842. The van der Waals surface area contributed by atoms with E-state index < -0.39 is 0 Å². The van der Waals surface area contributed by atoms with E-state index in [1.165, 1.54) is 0 Å². The standard InChI is InChI=1S/C19H24BrN3O/c1-12-11-21-9-8-18(12)22-19(24)17-10-13(2)23(14(17)3)16-6-4-15(20)5-7-16/h4-7,10,12,18,21H,8-9,11H2,1-3H3,(H,22,24). The first-order valence-electron chi connectivity index (χ1n) is 8.44. The Kier molecular flexibility index (Phi) is 5.11. The monoisotopic (exact) mass is 389 g/mol. The molecule has 1 aromatic carbocycles. The molecule has 0 aliphatic carbocycles. The molecule has 2 atom stereocenters. The minimum atomic E-state index is 0.0326. The van der Waals surface area contributed by atoms with Gasteiger partial charge in [0.25, 0.3) is 5.91 Å². The lowest BCUT2D eigenvalue weighted by Crippen LogP contribution is -2.48. The molecule has 5 heteroatoms. The molecule has 0 bridgehead atoms. The molecule has 1 aliphatic heterocycles. The Labute approximate surface area is 151 Å². The van der Waals surface area contributed by atoms with Crippen molar-refractivity contribution >= 4 is 21.8 Å². The molecule has 1 aliphatic rings. The van der Waals surface area contributed by atoms with E-state index in [0.29, 0.717) is 5.92 Å². The summed E-state index contributed by atoms with van der Waals surface area (Å²) in [7, 11) is 0. The van der Waals surface area contributed by atoms with Crippen LogP contribution in [0.4, 0.5) is 0 Å². The topological polar surface area (TPSA) is 46.1 Å². The first-order valence-corrected chi connectivity index (χ1v) is 9.23. The molecule has 2 unspecified atom stereocenters. The lowest BCUT2D eigenvalue weighted by atomic mass is 9.95. The molecule has 1 saturated heterocycles. The Bertz CT molecular complexity index is 736. The van der Waals surface area contributed by atoms with Crippen molar-refractivity contribution in [3.63, 3.8) is 0 Å². The zero-order chi connectivity index (χ0) is 17.3. The number of benzene rings is 1. The lowest BCUT2D eigenvalue weighted by Gasteiger charge is -2.30. The predicted molar refractivity (Wildman–Crippen MR) is 101 cm³/mol. The second-order valence-corrected chi connectivity index (χ2v) is 7.56. The van der Waals surface area contributed by atoms with Crippen molar-refractivity contribution < 1.29 is 4.79 Å². The fraction of sp³-hybridized carbons (Fsp3) is 0.421. The second kappa shape index (κ2) is 7.11. The van der Waals surface area contributed by atoms with Gasteiger partial charge in [0.05, 0.1) is 5.56 Å². The largest absolute Gasteiger partial charge is 0.349 e. The van der Waals surface area contributed by atoms with Crippen molar-refractivity contribution in [3.8, 4) is 5.69 Å². The van der Waals surface area contributed by atoms with Crippen molar-refractivity contribution in [2.45, 2.75) is 33.2 Å². The molecular formula is C19H24BrN3O. The summed E-state index contributed by atoms with van der Waals surface area (Å²) in [6.45, 7) is 8.16. The second-order valence-electron chi connectivity index (χ2n) is 6.65. The summed E-state index contributed by atoms with van der Waals surface area (Å²) in [5, 5.41) is 6.60. The Morgan fingerprint density at radius 2 is 2.00 bits per heavy atom. The number of carbonyl (C=O) groups is 1. The van der Waals surface area contributed by atoms with Gasteiger partial charge in [0.15, 0.2) is 0 Å². The van der Waals surface area contributed by atoms with Crippen LogP contribution >= 0.6 is 15.9 Å². The molecule has 3 rings (SSSR count). The van der Waals surface area contributed by atoms with E-state index in [2.05, 4.69) is 50.2 Å². The summed E-state index contributed by atoms with van der Waals surface area (Å²) in [4.78, 5) is 12.8. The number of halogens is 1. The van der Waals surface area contributed by atoms with Gasteiger partial charge in [-0.25, -0.2) is 0 Å². The van der Waals surface area contributed by atoms with E-state index >= 15 is 0 Å². The van der Waals surface area contributed by atoms with Crippen LogP contribution in [0.15, 0.2) is 34.8 Å². The maximum absolute atomic E-state index is 12.8. The van der Waals surface area contributed by atoms with Gasteiger partial charge >= 0.3 is 0 Å². The average Bonchev–Trinajstić information content (AvgIpc) is 2.85. The van der Waals surface area contributed by atoms with E-state index in [1.54, 1.807) is 0 Å². The van der Waals surface area contributed by atoms with Gasteiger partial charge in [-0.15, -0.1) is 0 Å². The van der Waals surface area contributed by atoms with Gasteiger partial charge in [0.2, 0.25) is 0 Å². The third-order valence-corrected chi connectivity index (χ3v) is 5.39. The van der Waals surface area contributed by atoms with Crippen molar-refractivity contribution in [3.05, 3.63) is 51.8 Å². The zero-order valence-electron chi connectivity index (χ0n) is 14.4. The van der Waals surface area contributed by atoms with E-state index in [4.69, 9.17) is 0 Å². The van der Waals surface area contributed by atoms with Crippen molar-refractivity contribution in [2.75, 3.05) is 13.1 Å². The Hall–Kier alpha value is -1.59. The molecule has 1 amide bonds. The number of rotatable bonds is 3. The van der Waals surface area contributed by atoms with Gasteiger partial charge in [0, 0.05) is 27.6 Å². The highest BCUT2D eigenvalue weighted by Gasteiger charge is 2.25. The lowest BCUT2D eigenvalue weighted by molar-refractivity contribution is 0.0913. The van der Waals surface area contributed by atoms with Gasteiger partial charge in [-0.05, 0) is 69.6 Å². The third-order valence-electron chi connectivity index (χ3n) is 4.86. The summed E-state index contributed by atoms with van der Waals surface area (Å²) in [6, 6.07) is 10.4. The van der Waals surface area contributed by atoms with Crippen LogP contribution in [0.3, 0.4) is 0 Å². The number of piperidine rings is 1. The normalized spacial score (nSPS) is 20.8. The number of nitrogens with one attached hydrogen (secondary N) is 2. The number of carbonyl (C=O) groups excluding carboxylic acids is 1. The molecule has 1 fully saturated rings. The van der Waals surface area contributed by atoms with E-state index in [1.807, 2.05) is 32.0 Å². The van der Waals surface area contributed by atoms with Crippen LogP contribution in [0.1, 0.15) is 35.1 Å². The molecular weight excluding hydrogens is 366 g/mol. The summed E-state index contributed by atoms with van der Waals surface area (Å²) < 4.78 is 3.18. The summed E-state index contributed by atoms with van der Waals surface area (Å²) in [5.74, 6) is 0.489. The van der Waals surface area contributed by atoms with E-state index in [-0.39, 0.29) is 11.9 Å². The number of aromatic nitrogens is 1. The summed E-state index contributed by atoms with van der Waals surface area (Å²) >= 11 is 3.47. The minimum absolute atomic E-state index is 0.0326. The van der Waals surface area contributed by atoms with Crippen molar-refractivity contribution in [2.24, 2.45) is 5.92 Å². The van der Waals surface area contributed by atoms with Crippen LogP contribution in [0, 0.1) is 19.8 Å². The summed E-state index contributed by atoms with van der Waals surface area (Å²) in [6.07, 6.45) is 0.984. The Balaban J connectivity index is 1.85. The van der Waals surface area contributed by atoms with Crippen LogP contribution in [-0.2, 0) is 0 Å². The molecule has 2 heterocycles. The molecule has 0 radical (unpaired) electrons. The highest BCUT2D eigenvalue weighted by atomic mass is 79.9. The summed E-state index contributed by atoms with van der Waals surface area (Å²) in [5.41, 5.74) is 3.89. The van der Waals surface area contributed by atoms with Crippen LogP contribution in [0.25, 0.3) is 5.69 Å². The SMILES string of the molecule is Cc1cc(C(=O)NC2CCNCC2C)c(C)n1-c1ccc(Br)cc1. The molecule has 2 N–H and O–H groups in total. The fourth-order valence-electron chi connectivity index (χ4n) is 3.45. The first-order chi connectivity index (χ1) is 11.5. The van der Waals surface area contributed by atoms with Crippen LogP contribution in [0.5, 0.6) is 0 Å². The number of aryl methyl sites for hydroxylation is 1. The molecule has 24 heavy (non-hydrogen) atoms. The van der Waals surface area contributed by atoms with Gasteiger partial charge in [0.1, 0.15) is 0 Å². The van der Waals surface area contributed by atoms with E-state index in [0.717, 1.165) is 46.6 Å². The maximum atomic E-state index is 12.8. The molecule has 1 aromatic heterocycles. The van der Waals surface area contributed by atoms with Gasteiger partial charge in [-0.1, -0.05) is 22.9 Å². The number of amides is 1. The highest BCUT2D eigenvalue weighted by molar-refractivity contribution is 9.10. The van der Waals surface area contributed by atoms with E-state index in [9.17, 15) is 4.79 Å². The molecule has 4 nitrogen and oxygen atoms in total. The van der Waals surface area contributed by atoms with Crippen LogP contribution in [0.2, 0.25) is 0 Å². The first kappa shape index (κ1) is 17.2. The Morgan fingerprint density at radius 1 is 1.29 bits per heavy atom. The zero-order valence-corrected chi connectivity index (χ0v) is 16.0. The maximum Gasteiger partial charge on any atom is 0.253 e. The fourth-order valence-corrected chi connectivity index (χ4v) is 3.72. The Morgan fingerprint density at radius 3 is 2.67 bits per heavy atom. The average molecular weight is 390 g/mol. The number of hydrogen-bond donors (Lipinski definition) is 2.